The van der Waals surface area contributed by atoms with Gasteiger partial charge in [0.15, 0.2) is 11.9 Å². The lowest BCUT2D eigenvalue weighted by molar-refractivity contribution is 0.0960. The molecule has 3 heterocycles. The number of benzene rings is 1. The average molecular weight is 587 g/mol. The van der Waals surface area contributed by atoms with Crippen LogP contribution in [0.3, 0.4) is 0 Å². The van der Waals surface area contributed by atoms with Crippen molar-refractivity contribution in [2.75, 3.05) is 32.7 Å². The molecule has 5 N–H and O–H groups in total. The first-order valence-corrected chi connectivity index (χ1v) is 14.1. The highest BCUT2D eigenvalue weighted by Gasteiger charge is 2.19. The standard InChI is InChI=1S/C24H21N7O2.C6H14O.C2H7N/c1-16(29-30-17-8-3-2-4-9-17)19(25)14-27-24(33)18-10-7-13-31-21(15-32)22(28-23(18)31)20-11-5-6-12-26-20;1-6(2)4-3-5-7;1-3-2/h2-13,15,25,30H,14H2,1H3,(H,27,33);6-7H,3-5H2,1-2H3;3H,1-2H3/b25-19?,29-16-;;. The van der Waals surface area contributed by atoms with E-state index in [0.717, 1.165) is 24.4 Å². The molecule has 4 rings (SSSR count). The summed E-state index contributed by atoms with van der Waals surface area (Å²) in [6, 6.07) is 18.0. The van der Waals surface area contributed by atoms with Crippen molar-refractivity contribution in [2.45, 2.75) is 33.6 Å². The lowest BCUT2D eigenvalue weighted by Gasteiger charge is -2.08. The summed E-state index contributed by atoms with van der Waals surface area (Å²) in [5, 5.41) is 26.2. The number of nitrogens with zero attached hydrogens (tertiary/aromatic N) is 4. The molecule has 0 saturated carbocycles. The topological polar surface area (TPSA) is 157 Å². The summed E-state index contributed by atoms with van der Waals surface area (Å²) in [6.07, 6.45) is 6.09. The van der Waals surface area contributed by atoms with Gasteiger partial charge in [0.2, 0.25) is 0 Å². The summed E-state index contributed by atoms with van der Waals surface area (Å²) in [7, 11) is 3.75. The predicted molar refractivity (Wildman–Crippen MR) is 173 cm³/mol. The van der Waals surface area contributed by atoms with Gasteiger partial charge >= 0.3 is 0 Å². The zero-order valence-electron chi connectivity index (χ0n) is 25.5. The fraction of sp³-hybridized carbons (Fsp3) is 0.312. The third kappa shape index (κ3) is 10.9. The molecule has 3 aromatic heterocycles. The number of fused-ring (bicyclic) bond motifs is 1. The van der Waals surface area contributed by atoms with Gasteiger partial charge < -0.3 is 21.1 Å². The van der Waals surface area contributed by atoms with E-state index in [1.807, 2.05) is 44.4 Å². The first-order chi connectivity index (χ1) is 20.8. The van der Waals surface area contributed by atoms with Crippen molar-refractivity contribution >= 4 is 35.0 Å². The van der Waals surface area contributed by atoms with Gasteiger partial charge in [0.1, 0.15) is 11.4 Å². The number of aliphatic hydroxyl groups is 1. The molecule has 0 fully saturated rings. The van der Waals surface area contributed by atoms with E-state index in [-0.39, 0.29) is 17.8 Å². The number of carbonyl (C=O) groups is 2. The summed E-state index contributed by atoms with van der Waals surface area (Å²) in [4.78, 5) is 33.4. The molecular formula is C32H42N8O3. The quantitative estimate of drug-likeness (QED) is 0.0969. The number of hydrogen-bond donors (Lipinski definition) is 5. The van der Waals surface area contributed by atoms with Gasteiger partial charge in [-0.1, -0.05) is 38.1 Å². The van der Waals surface area contributed by atoms with E-state index in [2.05, 4.69) is 45.0 Å². The largest absolute Gasteiger partial charge is 0.396 e. The second-order valence-corrected chi connectivity index (χ2v) is 9.89. The van der Waals surface area contributed by atoms with Crippen molar-refractivity contribution in [3.63, 3.8) is 0 Å². The molecule has 0 spiro atoms. The van der Waals surface area contributed by atoms with Crippen molar-refractivity contribution < 1.29 is 14.7 Å². The predicted octanol–water partition coefficient (Wildman–Crippen LogP) is 4.70. The molecule has 0 aliphatic rings. The Hall–Kier alpha value is -4.74. The lowest BCUT2D eigenvalue weighted by Crippen LogP contribution is -2.32. The Morgan fingerprint density at radius 3 is 2.37 bits per heavy atom. The highest BCUT2D eigenvalue weighted by atomic mass is 16.3. The van der Waals surface area contributed by atoms with Crippen molar-refractivity contribution in [3.8, 4) is 11.4 Å². The van der Waals surface area contributed by atoms with Gasteiger partial charge in [-0.3, -0.25) is 24.4 Å². The van der Waals surface area contributed by atoms with Gasteiger partial charge in [0.25, 0.3) is 5.91 Å². The van der Waals surface area contributed by atoms with Crippen LogP contribution in [0.25, 0.3) is 17.0 Å². The average Bonchev–Trinajstić information content (AvgIpc) is 3.42. The van der Waals surface area contributed by atoms with Crippen LogP contribution in [0.1, 0.15) is 54.5 Å². The van der Waals surface area contributed by atoms with Crippen LogP contribution in [0.2, 0.25) is 0 Å². The Morgan fingerprint density at radius 1 is 1.09 bits per heavy atom. The van der Waals surface area contributed by atoms with Crippen LogP contribution in [0, 0.1) is 11.3 Å². The molecule has 0 radical (unpaired) electrons. The molecule has 0 aliphatic carbocycles. The zero-order chi connectivity index (χ0) is 31.6. The Morgan fingerprint density at radius 2 is 1.79 bits per heavy atom. The van der Waals surface area contributed by atoms with Crippen molar-refractivity contribution in [2.24, 2.45) is 11.0 Å². The second-order valence-electron chi connectivity index (χ2n) is 9.89. The molecule has 11 heteroatoms. The number of carbonyl (C=O) groups excluding carboxylic acids is 2. The number of nitrogens with one attached hydrogen (secondary N) is 4. The maximum Gasteiger partial charge on any atom is 0.255 e. The normalized spacial score (nSPS) is 10.7. The Kier molecular flexibility index (Phi) is 14.9. The van der Waals surface area contributed by atoms with E-state index < -0.39 is 5.91 Å². The molecule has 1 amide bonds. The van der Waals surface area contributed by atoms with E-state index >= 15 is 0 Å². The molecule has 0 atom stereocenters. The lowest BCUT2D eigenvalue weighted by atomic mass is 10.1. The SMILES string of the molecule is C/C(=N/Nc1ccccc1)C(=N)CNC(=O)c1cccn2c(C=O)c(-c3ccccn3)nc12.CC(C)CCCO.CNC. The minimum absolute atomic E-state index is 0.0139. The molecule has 43 heavy (non-hydrogen) atoms. The number of anilines is 1. The van der Waals surface area contributed by atoms with Crippen LogP contribution < -0.4 is 16.1 Å². The smallest absolute Gasteiger partial charge is 0.255 e. The molecule has 0 unspecified atom stereocenters. The van der Waals surface area contributed by atoms with Crippen LogP contribution >= 0.6 is 0 Å². The number of aldehydes is 1. The van der Waals surface area contributed by atoms with Gasteiger partial charge in [-0.15, -0.1) is 0 Å². The number of amides is 1. The number of aromatic nitrogens is 3. The summed E-state index contributed by atoms with van der Waals surface area (Å²) in [6.45, 7) is 6.35. The van der Waals surface area contributed by atoms with E-state index in [4.69, 9.17) is 10.5 Å². The fourth-order valence-corrected chi connectivity index (χ4v) is 3.69. The van der Waals surface area contributed by atoms with Crippen molar-refractivity contribution in [1.82, 2.24) is 25.0 Å². The van der Waals surface area contributed by atoms with Gasteiger partial charge in [-0.05, 0) is 76.2 Å². The second kappa shape index (κ2) is 18.6. The summed E-state index contributed by atoms with van der Waals surface area (Å²) >= 11 is 0. The van der Waals surface area contributed by atoms with E-state index in [9.17, 15) is 9.59 Å². The maximum atomic E-state index is 12.9. The van der Waals surface area contributed by atoms with Gasteiger partial charge in [0.05, 0.1) is 34.9 Å². The minimum atomic E-state index is -0.413. The first-order valence-electron chi connectivity index (χ1n) is 14.1. The molecule has 0 bridgehead atoms. The summed E-state index contributed by atoms with van der Waals surface area (Å²) in [5.74, 6) is 0.330. The van der Waals surface area contributed by atoms with E-state index in [1.165, 1.54) is 0 Å². The molecule has 1 aromatic carbocycles. The van der Waals surface area contributed by atoms with Crippen LogP contribution in [-0.4, -0.2) is 70.3 Å². The Bertz CT molecular complexity index is 1470. The molecular weight excluding hydrogens is 544 g/mol. The number of aliphatic hydroxyl groups excluding tert-OH is 1. The number of para-hydroxylation sites is 1. The summed E-state index contributed by atoms with van der Waals surface area (Å²) < 4.78 is 1.56. The van der Waals surface area contributed by atoms with Gasteiger partial charge in [-0.2, -0.15) is 5.10 Å². The zero-order valence-corrected chi connectivity index (χ0v) is 25.5. The Labute approximate surface area is 253 Å². The number of imidazole rings is 1. The first kappa shape index (κ1) is 34.5. The monoisotopic (exact) mass is 586 g/mol. The van der Waals surface area contributed by atoms with Crippen molar-refractivity contribution in [3.05, 3.63) is 84.3 Å². The third-order valence-electron chi connectivity index (χ3n) is 5.88. The van der Waals surface area contributed by atoms with Crippen LogP contribution in [0.4, 0.5) is 5.69 Å². The van der Waals surface area contributed by atoms with E-state index in [0.29, 0.717) is 41.3 Å². The molecule has 0 saturated heterocycles. The highest BCUT2D eigenvalue weighted by molar-refractivity contribution is 6.41. The number of pyridine rings is 2. The molecule has 4 aromatic rings. The Balaban J connectivity index is 0.000000560. The minimum Gasteiger partial charge on any atom is -0.396 e. The van der Waals surface area contributed by atoms with Crippen LogP contribution in [0.5, 0.6) is 0 Å². The molecule has 0 aliphatic heterocycles. The number of hydrogen-bond acceptors (Lipinski definition) is 9. The van der Waals surface area contributed by atoms with Crippen molar-refractivity contribution in [1.29, 1.82) is 5.41 Å². The molecule has 11 nitrogen and oxygen atoms in total. The maximum absolute atomic E-state index is 12.9. The summed E-state index contributed by atoms with van der Waals surface area (Å²) in [5.41, 5.74) is 6.14. The molecule has 228 valence electrons. The van der Waals surface area contributed by atoms with Crippen LogP contribution in [0.15, 0.2) is 78.2 Å². The third-order valence-corrected chi connectivity index (χ3v) is 5.88. The van der Waals surface area contributed by atoms with E-state index in [1.54, 1.807) is 54.0 Å². The number of hydrazone groups is 1. The number of rotatable bonds is 11. The van der Waals surface area contributed by atoms with Gasteiger partial charge in [0, 0.05) is 19.0 Å². The highest BCUT2D eigenvalue weighted by Crippen LogP contribution is 2.23. The van der Waals surface area contributed by atoms with Crippen LogP contribution in [-0.2, 0) is 0 Å². The fourth-order valence-electron chi connectivity index (χ4n) is 3.69. The van der Waals surface area contributed by atoms with Gasteiger partial charge in [-0.25, -0.2) is 4.98 Å².